The molecule has 1 amide bonds. The summed E-state index contributed by atoms with van der Waals surface area (Å²) in [4.78, 5) is 29.8. The van der Waals surface area contributed by atoms with E-state index in [1.165, 1.54) is 43.9 Å². The number of nitrogens with one attached hydrogen (secondary N) is 1. The van der Waals surface area contributed by atoms with Crippen molar-refractivity contribution in [2.45, 2.75) is 62.5 Å². The summed E-state index contributed by atoms with van der Waals surface area (Å²) in [5.41, 5.74) is 1.18. The van der Waals surface area contributed by atoms with Gasteiger partial charge < -0.3 is 10.1 Å². The van der Waals surface area contributed by atoms with Crippen molar-refractivity contribution in [3.8, 4) is 0 Å². The summed E-state index contributed by atoms with van der Waals surface area (Å²) in [6, 6.07) is 13.0. The third-order valence-electron chi connectivity index (χ3n) is 5.01. The Bertz CT molecular complexity index is 790. The molecule has 1 aromatic heterocycles. The number of ether oxygens (including phenoxy) is 1. The number of rotatable bonds is 7. The number of benzene rings is 1. The lowest BCUT2D eigenvalue weighted by molar-refractivity contribution is -0.119. The molecule has 1 fully saturated rings. The Labute approximate surface area is 176 Å². The van der Waals surface area contributed by atoms with E-state index in [9.17, 15) is 9.59 Å². The fourth-order valence-corrected chi connectivity index (χ4v) is 4.33. The summed E-state index contributed by atoms with van der Waals surface area (Å²) in [5.74, 6) is -0.0856. The lowest BCUT2D eigenvalue weighted by Crippen LogP contribution is -2.36. The maximum absolute atomic E-state index is 12.5. The highest BCUT2D eigenvalue weighted by Gasteiger charge is 2.17. The van der Waals surface area contributed by atoms with Gasteiger partial charge in [-0.3, -0.25) is 9.78 Å². The molecule has 0 spiro atoms. The summed E-state index contributed by atoms with van der Waals surface area (Å²) in [7, 11) is 0. The zero-order valence-electron chi connectivity index (χ0n) is 16.6. The van der Waals surface area contributed by atoms with Crippen LogP contribution >= 0.6 is 11.8 Å². The van der Waals surface area contributed by atoms with Gasteiger partial charge in [-0.1, -0.05) is 50.3 Å². The third-order valence-corrected chi connectivity index (χ3v) is 6.09. The van der Waals surface area contributed by atoms with E-state index in [4.69, 9.17) is 4.74 Å². The van der Waals surface area contributed by atoms with E-state index in [1.54, 1.807) is 18.3 Å². The third kappa shape index (κ3) is 7.20. The molecular weight excluding hydrogens is 384 g/mol. The SMILES string of the molecule is O=C(CSc1ccccc1C(=O)OCc1ccccn1)NC1CCCCCCC1. The lowest BCUT2D eigenvalue weighted by Gasteiger charge is -2.21. The number of hydrogen-bond acceptors (Lipinski definition) is 5. The second kappa shape index (κ2) is 11.6. The highest BCUT2D eigenvalue weighted by Crippen LogP contribution is 2.24. The van der Waals surface area contributed by atoms with Crippen molar-refractivity contribution in [3.63, 3.8) is 0 Å². The molecule has 6 heteroatoms. The maximum atomic E-state index is 12.5. The molecule has 154 valence electrons. The van der Waals surface area contributed by atoms with Gasteiger partial charge in [0.2, 0.25) is 5.91 Å². The molecule has 1 aromatic carbocycles. The van der Waals surface area contributed by atoms with Crippen LogP contribution in [0.1, 0.15) is 61.0 Å². The minimum absolute atomic E-state index is 0.0252. The molecule has 0 radical (unpaired) electrons. The minimum Gasteiger partial charge on any atom is -0.456 e. The van der Waals surface area contributed by atoms with E-state index < -0.39 is 5.97 Å². The topological polar surface area (TPSA) is 68.3 Å². The molecule has 0 unspecified atom stereocenters. The number of thioether (sulfide) groups is 1. The molecule has 29 heavy (non-hydrogen) atoms. The molecule has 3 rings (SSSR count). The molecule has 2 aromatic rings. The average molecular weight is 413 g/mol. The molecule has 0 aliphatic heterocycles. The van der Waals surface area contributed by atoms with Gasteiger partial charge in [0.05, 0.1) is 17.0 Å². The van der Waals surface area contributed by atoms with Gasteiger partial charge in [0.1, 0.15) is 6.61 Å². The van der Waals surface area contributed by atoms with Crippen molar-refractivity contribution >= 4 is 23.6 Å². The van der Waals surface area contributed by atoms with Crippen molar-refractivity contribution in [1.29, 1.82) is 0 Å². The zero-order valence-corrected chi connectivity index (χ0v) is 17.5. The summed E-state index contributed by atoms with van der Waals surface area (Å²) < 4.78 is 5.39. The Morgan fingerprint density at radius 3 is 2.48 bits per heavy atom. The van der Waals surface area contributed by atoms with Crippen molar-refractivity contribution < 1.29 is 14.3 Å². The molecule has 1 saturated carbocycles. The van der Waals surface area contributed by atoms with Crippen molar-refractivity contribution in [2.75, 3.05) is 5.75 Å². The van der Waals surface area contributed by atoms with E-state index in [0.29, 0.717) is 17.0 Å². The van der Waals surface area contributed by atoms with Crippen molar-refractivity contribution in [3.05, 3.63) is 59.9 Å². The Morgan fingerprint density at radius 2 is 1.72 bits per heavy atom. The predicted octanol–water partition coefficient (Wildman–Crippen LogP) is 4.76. The number of amides is 1. The van der Waals surface area contributed by atoms with Gasteiger partial charge in [-0.25, -0.2) is 4.79 Å². The molecular formula is C23H28N2O3S. The number of carbonyl (C=O) groups excluding carboxylic acids is 2. The number of nitrogens with zero attached hydrogens (tertiary/aromatic N) is 1. The van der Waals surface area contributed by atoms with Crippen LogP contribution in [0.5, 0.6) is 0 Å². The molecule has 0 saturated heterocycles. The fraction of sp³-hybridized carbons (Fsp3) is 0.435. The first-order chi connectivity index (χ1) is 14.2. The van der Waals surface area contributed by atoms with Gasteiger partial charge in [0.25, 0.3) is 0 Å². The van der Waals surface area contributed by atoms with Crippen LogP contribution in [0.2, 0.25) is 0 Å². The monoisotopic (exact) mass is 412 g/mol. The molecule has 1 heterocycles. The Hall–Kier alpha value is -2.34. The summed E-state index contributed by atoms with van der Waals surface area (Å²) in [5, 5.41) is 3.17. The summed E-state index contributed by atoms with van der Waals surface area (Å²) in [6.45, 7) is 0.126. The van der Waals surface area contributed by atoms with Gasteiger partial charge in [-0.05, 0) is 37.1 Å². The first kappa shape index (κ1) is 21.4. The van der Waals surface area contributed by atoms with Gasteiger partial charge in [-0.15, -0.1) is 11.8 Å². The zero-order chi connectivity index (χ0) is 20.3. The van der Waals surface area contributed by atoms with E-state index in [0.717, 1.165) is 17.7 Å². The van der Waals surface area contributed by atoms with Crippen LogP contribution < -0.4 is 5.32 Å². The Balaban J connectivity index is 1.51. The minimum atomic E-state index is -0.404. The van der Waals surface area contributed by atoms with Crippen molar-refractivity contribution in [2.24, 2.45) is 0 Å². The number of hydrogen-bond donors (Lipinski definition) is 1. The largest absolute Gasteiger partial charge is 0.456 e. The maximum Gasteiger partial charge on any atom is 0.339 e. The van der Waals surface area contributed by atoms with E-state index in [2.05, 4.69) is 10.3 Å². The molecule has 5 nitrogen and oxygen atoms in total. The predicted molar refractivity (Wildman–Crippen MR) is 115 cm³/mol. The second-order valence-corrected chi connectivity index (χ2v) is 8.31. The number of pyridine rings is 1. The normalized spacial score (nSPS) is 15.2. The van der Waals surface area contributed by atoms with Crippen LogP contribution in [0.4, 0.5) is 0 Å². The summed E-state index contributed by atoms with van der Waals surface area (Å²) in [6.07, 6.45) is 9.99. The van der Waals surface area contributed by atoms with Gasteiger partial charge in [0, 0.05) is 17.1 Å². The average Bonchev–Trinajstić information content (AvgIpc) is 2.73. The molecule has 1 N–H and O–H groups in total. The first-order valence-corrected chi connectivity index (χ1v) is 11.3. The number of aromatic nitrogens is 1. The van der Waals surface area contributed by atoms with Crippen molar-refractivity contribution in [1.82, 2.24) is 10.3 Å². The molecule has 1 aliphatic carbocycles. The van der Waals surface area contributed by atoms with Gasteiger partial charge in [-0.2, -0.15) is 0 Å². The van der Waals surface area contributed by atoms with Gasteiger partial charge in [0.15, 0.2) is 0 Å². The van der Waals surface area contributed by atoms with Crippen LogP contribution in [0.3, 0.4) is 0 Å². The van der Waals surface area contributed by atoms with E-state index in [-0.39, 0.29) is 18.6 Å². The lowest BCUT2D eigenvalue weighted by atomic mass is 9.97. The first-order valence-electron chi connectivity index (χ1n) is 10.3. The highest BCUT2D eigenvalue weighted by molar-refractivity contribution is 8.00. The highest BCUT2D eigenvalue weighted by atomic mass is 32.2. The Kier molecular flexibility index (Phi) is 8.56. The standard InChI is InChI=1S/C23H28N2O3S/c26-22(25-18-10-4-2-1-3-5-11-18)17-29-21-14-7-6-13-20(21)23(27)28-16-19-12-8-9-15-24-19/h6-9,12-15,18H,1-5,10-11,16-17H2,(H,25,26). The van der Waals surface area contributed by atoms with E-state index in [1.807, 2.05) is 30.3 Å². The van der Waals surface area contributed by atoms with Crippen LogP contribution in [0, 0.1) is 0 Å². The van der Waals surface area contributed by atoms with Crippen LogP contribution in [-0.2, 0) is 16.1 Å². The van der Waals surface area contributed by atoms with Gasteiger partial charge >= 0.3 is 5.97 Å². The number of carbonyl (C=O) groups is 2. The smallest absolute Gasteiger partial charge is 0.339 e. The van der Waals surface area contributed by atoms with E-state index >= 15 is 0 Å². The molecule has 0 atom stereocenters. The summed E-state index contributed by atoms with van der Waals surface area (Å²) >= 11 is 1.37. The fourth-order valence-electron chi connectivity index (χ4n) is 3.48. The molecule has 1 aliphatic rings. The van der Waals surface area contributed by atoms with Crippen LogP contribution in [0.15, 0.2) is 53.6 Å². The second-order valence-electron chi connectivity index (χ2n) is 7.29. The Morgan fingerprint density at radius 1 is 1.00 bits per heavy atom. The van der Waals surface area contributed by atoms with Crippen LogP contribution in [-0.4, -0.2) is 28.7 Å². The number of esters is 1. The molecule has 0 bridgehead atoms. The van der Waals surface area contributed by atoms with Crippen LogP contribution in [0.25, 0.3) is 0 Å². The quantitative estimate of drug-likeness (QED) is 0.524.